The maximum absolute atomic E-state index is 13.2. The molecule has 0 N–H and O–H groups in total. The molecule has 0 aromatic heterocycles. The minimum Gasteiger partial charge on any atom is -0.465 e. The van der Waals surface area contributed by atoms with E-state index in [0.717, 1.165) is 0 Å². The minimum absolute atomic E-state index is 0.0855. The first-order valence-electron chi connectivity index (χ1n) is 4.58. The summed E-state index contributed by atoms with van der Waals surface area (Å²) in [6.07, 6.45) is -0.259. The maximum Gasteiger partial charge on any atom is 0.337 e. The summed E-state index contributed by atoms with van der Waals surface area (Å²) in [4.78, 5) is 11.0. The predicted octanol–water partition coefficient (Wildman–Crippen LogP) is 2.98. The van der Waals surface area contributed by atoms with E-state index in [1.807, 2.05) is 0 Å². The van der Waals surface area contributed by atoms with E-state index in [1.54, 1.807) is 0 Å². The number of ether oxygens (including phenoxy) is 1. The number of methoxy groups -OCH3 is 1. The first-order chi connectivity index (χ1) is 7.01. The Bertz CT molecular complexity index is 344. The van der Waals surface area contributed by atoms with Gasteiger partial charge in [-0.1, -0.05) is 19.1 Å². The summed E-state index contributed by atoms with van der Waals surface area (Å²) in [5.74, 6) is -3.37. The fraction of sp³-hybridized carbons (Fsp3) is 0.364. The van der Waals surface area contributed by atoms with Crippen LogP contribution in [0, 0.1) is 0 Å². The minimum atomic E-state index is -2.84. The lowest BCUT2D eigenvalue weighted by atomic mass is 10.0. The highest BCUT2D eigenvalue weighted by Gasteiger charge is 2.28. The van der Waals surface area contributed by atoms with Crippen LogP contribution in [0.4, 0.5) is 8.78 Å². The van der Waals surface area contributed by atoms with Gasteiger partial charge < -0.3 is 4.74 Å². The standard InChI is InChI=1S/C11H12F2O2/c1-3-11(12,13)9-6-4-8(5-7-9)10(14)15-2/h4-7H,3H2,1-2H3. The number of carbonyl (C=O) groups is 1. The Morgan fingerprint density at radius 1 is 1.33 bits per heavy atom. The Morgan fingerprint density at radius 3 is 2.27 bits per heavy atom. The van der Waals surface area contributed by atoms with Crippen molar-refractivity contribution in [3.63, 3.8) is 0 Å². The van der Waals surface area contributed by atoms with Gasteiger partial charge in [-0.15, -0.1) is 0 Å². The van der Waals surface area contributed by atoms with Gasteiger partial charge in [0.15, 0.2) is 0 Å². The third-order valence-corrected chi connectivity index (χ3v) is 2.17. The van der Waals surface area contributed by atoms with Crippen molar-refractivity contribution in [3.8, 4) is 0 Å². The SMILES string of the molecule is CCC(F)(F)c1ccc(C(=O)OC)cc1. The van der Waals surface area contributed by atoms with Crippen molar-refractivity contribution in [3.05, 3.63) is 35.4 Å². The Hall–Kier alpha value is -1.45. The molecule has 0 fully saturated rings. The van der Waals surface area contributed by atoms with E-state index < -0.39 is 11.9 Å². The Morgan fingerprint density at radius 2 is 1.87 bits per heavy atom. The lowest BCUT2D eigenvalue weighted by molar-refractivity contribution is -0.00833. The second-order valence-electron chi connectivity index (χ2n) is 3.13. The van der Waals surface area contributed by atoms with Crippen LogP contribution in [0.1, 0.15) is 29.3 Å². The molecule has 0 saturated heterocycles. The van der Waals surface area contributed by atoms with E-state index in [4.69, 9.17) is 0 Å². The molecule has 1 rings (SSSR count). The molecule has 0 saturated carbocycles. The molecule has 0 aliphatic carbocycles. The molecule has 82 valence electrons. The van der Waals surface area contributed by atoms with E-state index in [2.05, 4.69) is 4.74 Å². The largest absolute Gasteiger partial charge is 0.465 e. The number of hydrogen-bond acceptors (Lipinski definition) is 2. The normalized spacial score (nSPS) is 11.2. The molecule has 2 nitrogen and oxygen atoms in total. The Kier molecular flexibility index (Phi) is 3.39. The fourth-order valence-corrected chi connectivity index (χ4v) is 1.17. The monoisotopic (exact) mass is 214 g/mol. The van der Waals surface area contributed by atoms with E-state index in [1.165, 1.54) is 38.3 Å². The van der Waals surface area contributed by atoms with Crippen molar-refractivity contribution in [2.24, 2.45) is 0 Å². The summed E-state index contributed by atoms with van der Waals surface area (Å²) in [7, 11) is 1.25. The van der Waals surface area contributed by atoms with Crippen molar-refractivity contribution in [1.82, 2.24) is 0 Å². The predicted molar refractivity (Wildman–Crippen MR) is 52.0 cm³/mol. The third kappa shape index (κ3) is 2.52. The highest BCUT2D eigenvalue weighted by molar-refractivity contribution is 5.89. The van der Waals surface area contributed by atoms with Crippen LogP contribution < -0.4 is 0 Å². The highest BCUT2D eigenvalue weighted by atomic mass is 19.3. The van der Waals surface area contributed by atoms with Gasteiger partial charge in [0.05, 0.1) is 12.7 Å². The molecule has 0 bridgehead atoms. The summed E-state index contributed by atoms with van der Waals surface area (Å²) in [6, 6.07) is 5.17. The highest BCUT2D eigenvalue weighted by Crippen LogP contribution is 2.31. The number of halogens is 2. The average Bonchev–Trinajstić information content (AvgIpc) is 2.28. The van der Waals surface area contributed by atoms with Gasteiger partial charge >= 0.3 is 5.97 Å². The molecule has 0 radical (unpaired) electrons. The van der Waals surface area contributed by atoms with Crippen LogP contribution in [0.3, 0.4) is 0 Å². The second-order valence-corrected chi connectivity index (χ2v) is 3.13. The Labute approximate surface area is 86.9 Å². The van der Waals surface area contributed by atoms with E-state index >= 15 is 0 Å². The summed E-state index contributed by atoms with van der Waals surface area (Å²) in [5, 5.41) is 0. The summed E-state index contributed by atoms with van der Waals surface area (Å²) in [5.41, 5.74) is 0.186. The topological polar surface area (TPSA) is 26.3 Å². The first kappa shape index (κ1) is 11.6. The first-order valence-corrected chi connectivity index (χ1v) is 4.58. The van der Waals surface area contributed by atoms with Crippen molar-refractivity contribution >= 4 is 5.97 Å². The second kappa shape index (κ2) is 4.38. The molecule has 0 unspecified atom stereocenters. The van der Waals surface area contributed by atoms with Crippen LogP contribution in [0.15, 0.2) is 24.3 Å². The Balaban J connectivity index is 2.95. The lowest BCUT2D eigenvalue weighted by Gasteiger charge is -2.14. The van der Waals surface area contributed by atoms with E-state index in [0.29, 0.717) is 0 Å². The molecule has 0 heterocycles. The summed E-state index contributed by atoms with van der Waals surface area (Å²) < 4.78 is 30.8. The molecule has 0 amide bonds. The number of alkyl halides is 2. The summed E-state index contributed by atoms with van der Waals surface area (Å²) in [6.45, 7) is 1.41. The number of hydrogen-bond donors (Lipinski definition) is 0. The summed E-state index contributed by atoms with van der Waals surface area (Å²) >= 11 is 0. The van der Waals surface area contributed by atoms with Gasteiger partial charge in [0.1, 0.15) is 0 Å². The van der Waals surface area contributed by atoms with Gasteiger partial charge in [-0.25, -0.2) is 13.6 Å². The van der Waals surface area contributed by atoms with E-state index in [9.17, 15) is 13.6 Å². The van der Waals surface area contributed by atoms with Gasteiger partial charge in [0.25, 0.3) is 5.92 Å². The van der Waals surface area contributed by atoms with Gasteiger partial charge in [0, 0.05) is 12.0 Å². The zero-order valence-electron chi connectivity index (χ0n) is 8.59. The smallest absolute Gasteiger partial charge is 0.337 e. The molecular formula is C11H12F2O2. The number of rotatable bonds is 3. The average molecular weight is 214 g/mol. The van der Waals surface area contributed by atoms with Gasteiger partial charge in [-0.05, 0) is 12.1 Å². The van der Waals surface area contributed by atoms with E-state index in [-0.39, 0.29) is 17.5 Å². The lowest BCUT2D eigenvalue weighted by Crippen LogP contribution is -2.11. The van der Waals surface area contributed by atoms with Crippen LogP contribution in [-0.2, 0) is 10.7 Å². The number of benzene rings is 1. The molecule has 1 aromatic rings. The molecular weight excluding hydrogens is 202 g/mol. The van der Waals surface area contributed by atoms with Crippen molar-refractivity contribution in [2.45, 2.75) is 19.3 Å². The fourth-order valence-electron chi connectivity index (χ4n) is 1.17. The molecule has 4 heteroatoms. The van der Waals surface area contributed by atoms with Crippen molar-refractivity contribution in [1.29, 1.82) is 0 Å². The zero-order valence-corrected chi connectivity index (χ0v) is 8.59. The van der Waals surface area contributed by atoms with Crippen molar-refractivity contribution in [2.75, 3.05) is 7.11 Å². The third-order valence-electron chi connectivity index (χ3n) is 2.17. The maximum atomic E-state index is 13.2. The molecule has 0 atom stereocenters. The van der Waals surface area contributed by atoms with Crippen LogP contribution >= 0.6 is 0 Å². The van der Waals surface area contributed by atoms with Gasteiger partial charge in [0.2, 0.25) is 0 Å². The van der Waals surface area contributed by atoms with Crippen LogP contribution in [0.2, 0.25) is 0 Å². The molecule has 0 aliphatic rings. The van der Waals surface area contributed by atoms with Crippen molar-refractivity contribution < 1.29 is 18.3 Å². The molecule has 0 aliphatic heterocycles. The van der Waals surface area contributed by atoms with Crippen LogP contribution in [0.25, 0.3) is 0 Å². The molecule has 15 heavy (non-hydrogen) atoms. The van der Waals surface area contributed by atoms with Crippen LogP contribution in [-0.4, -0.2) is 13.1 Å². The quantitative estimate of drug-likeness (QED) is 0.723. The number of carbonyl (C=O) groups excluding carboxylic acids is 1. The molecule has 1 aromatic carbocycles. The van der Waals surface area contributed by atoms with Gasteiger partial charge in [-0.2, -0.15) is 0 Å². The zero-order chi connectivity index (χ0) is 11.5. The molecule has 0 spiro atoms. The van der Waals surface area contributed by atoms with Crippen LogP contribution in [0.5, 0.6) is 0 Å². The van der Waals surface area contributed by atoms with Gasteiger partial charge in [-0.3, -0.25) is 0 Å². The number of esters is 1.